The van der Waals surface area contributed by atoms with Crippen LogP contribution in [0.2, 0.25) is 0 Å². The number of piperazine rings is 1. The van der Waals surface area contributed by atoms with E-state index >= 15 is 0 Å². The summed E-state index contributed by atoms with van der Waals surface area (Å²) in [5.41, 5.74) is 0.810. The van der Waals surface area contributed by atoms with Gasteiger partial charge in [0.2, 0.25) is 0 Å². The maximum absolute atomic E-state index is 14.4. The first-order valence-corrected chi connectivity index (χ1v) is 12.9. The minimum Gasteiger partial charge on any atom is -0.350 e. The van der Waals surface area contributed by atoms with E-state index in [0.717, 1.165) is 22.5 Å². The summed E-state index contributed by atoms with van der Waals surface area (Å²) in [4.78, 5) is 8.34. The number of anilines is 2. The smallest absolute Gasteiger partial charge is 0.283 e. The molecule has 0 amide bonds. The lowest BCUT2D eigenvalue weighted by Crippen LogP contribution is -2.56. The third-order valence-corrected chi connectivity index (χ3v) is 8.51. The lowest BCUT2D eigenvalue weighted by molar-refractivity contribution is 0.492. The highest BCUT2D eigenvalue weighted by atomic mass is 32.2. The number of aromatic nitrogens is 3. The van der Waals surface area contributed by atoms with E-state index in [4.69, 9.17) is 0 Å². The van der Waals surface area contributed by atoms with E-state index in [-0.39, 0.29) is 21.8 Å². The summed E-state index contributed by atoms with van der Waals surface area (Å²) in [5, 5.41) is 5.12. The van der Waals surface area contributed by atoms with E-state index in [1.54, 1.807) is 30.5 Å². The Morgan fingerprint density at radius 2 is 1.74 bits per heavy atom. The van der Waals surface area contributed by atoms with Crippen LogP contribution in [0.3, 0.4) is 0 Å². The lowest BCUT2D eigenvalue weighted by atomic mass is 10.1. The summed E-state index contributed by atoms with van der Waals surface area (Å²) in [5.74, 6) is -0.0980. The lowest BCUT2D eigenvalue weighted by Gasteiger charge is -2.43. The molecule has 0 unspecified atom stereocenters. The number of halogens is 2. The summed E-state index contributed by atoms with van der Waals surface area (Å²) in [6.45, 7) is 3.42. The van der Waals surface area contributed by atoms with E-state index in [1.807, 2.05) is 11.8 Å². The van der Waals surface area contributed by atoms with Crippen molar-refractivity contribution in [2.24, 2.45) is 0 Å². The van der Waals surface area contributed by atoms with Gasteiger partial charge in [-0.1, -0.05) is 17.7 Å². The molecule has 180 valence electrons. The highest BCUT2D eigenvalue weighted by Gasteiger charge is 2.53. The Balaban J connectivity index is 1.43. The molecule has 1 saturated carbocycles. The molecule has 1 aliphatic carbocycles. The molecule has 3 heterocycles. The minimum atomic E-state index is -4.05. The number of rotatable bonds is 4. The quantitative estimate of drug-likeness (QED) is 0.424. The maximum Gasteiger partial charge on any atom is 0.283 e. The van der Waals surface area contributed by atoms with Gasteiger partial charge in [0.25, 0.3) is 10.0 Å². The van der Waals surface area contributed by atoms with Gasteiger partial charge < -0.3 is 9.80 Å². The van der Waals surface area contributed by atoms with Gasteiger partial charge in [-0.3, -0.25) is 0 Å². The van der Waals surface area contributed by atoms with Crippen LogP contribution in [-0.2, 0) is 10.0 Å². The molecule has 35 heavy (non-hydrogen) atoms. The Morgan fingerprint density at radius 1 is 0.971 bits per heavy atom. The highest BCUT2D eigenvalue weighted by Crippen LogP contribution is 2.48. The first-order chi connectivity index (χ1) is 16.8. The van der Waals surface area contributed by atoms with E-state index in [9.17, 15) is 17.2 Å². The maximum atomic E-state index is 14.4. The van der Waals surface area contributed by atoms with Crippen molar-refractivity contribution in [3.8, 4) is 0 Å². The molecule has 2 fully saturated rings. The van der Waals surface area contributed by atoms with Gasteiger partial charge in [0.05, 0.1) is 16.0 Å². The van der Waals surface area contributed by atoms with Gasteiger partial charge in [-0.05, 0) is 56.2 Å². The van der Waals surface area contributed by atoms with Crippen LogP contribution >= 0.6 is 0 Å². The number of benzene rings is 2. The molecular formula is C25H23F2N5O2S. The third kappa shape index (κ3) is 3.54. The second-order valence-electron chi connectivity index (χ2n) is 9.25. The van der Waals surface area contributed by atoms with Crippen molar-refractivity contribution in [2.45, 2.75) is 30.2 Å². The highest BCUT2D eigenvalue weighted by molar-refractivity contribution is 7.90. The average Bonchev–Trinajstić information content (AvgIpc) is 3.49. The standard InChI is InChI=1S/C25H23F2N5O2S/c1-17-4-7-19(8-5-17)35(33,34)32-22-15-18(26)6-9-20(22)23(29-32)31-14-13-30(16-25(31)10-11-25)24-21(27)3-2-12-28-24/h2-9,12,15H,10-11,13-14,16H2,1H3. The van der Waals surface area contributed by atoms with Gasteiger partial charge in [0.15, 0.2) is 17.5 Å². The SMILES string of the molecule is Cc1ccc(S(=O)(=O)n2nc(N3CCN(c4ncccc4F)CC34CC4)c3ccc(F)cc32)cc1. The summed E-state index contributed by atoms with van der Waals surface area (Å²) in [6.07, 6.45) is 3.29. The number of nitrogens with zero attached hydrogens (tertiary/aromatic N) is 5. The fourth-order valence-electron chi connectivity index (χ4n) is 4.91. The Morgan fingerprint density at radius 3 is 2.46 bits per heavy atom. The largest absolute Gasteiger partial charge is 0.350 e. The molecule has 2 aliphatic rings. The van der Waals surface area contributed by atoms with Gasteiger partial charge in [-0.2, -0.15) is 12.5 Å². The fourth-order valence-corrected chi connectivity index (χ4v) is 6.18. The summed E-state index contributed by atoms with van der Waals surface area (Å²) in [6, 6.07) is 13.5. The molecule has 2 aromatic heterocycles. The Labute approximate surface area is 201 Å². The molecule has 4 aromatic rings. The topological polar surface area (TPSA) is 71.3 Å². The van der Waals surface area contributed by atoms with Crippen LogP contribution in [0.4, 0.5) is 20.4 Å². The van der Waals surface area contributed by atoms with Gasteiger partial charge in [0.1, 0.15) is 5.82 Å². The molecule has 7 nitrogen and oxygen atoms in total. The zero-order valence-corrected chi connectivity index (χ0v) is 19.8. The Bertz CT molecular complexity index is 1550. The van der Waals surface area contributed by atoms with Crippen molar-refractivity contribution < 1.29 is 17.2 Å². The van der Waals surface area contributed by atoms with Crippen molar-refractivity contribution in [1.29, 1.82) is 0 Å². The second kappa shape index (κ2) is 7.74. The molecule has 10 heteroatoms. The second-order valence-corrected chi connectivity index (χ2v) is 11.0. The van der Waals surface area contributed by atoms with E-state index in [2.05, 4.69) is 15.0 Å². The van der Waals surface area contributed by atoms with Crippen LogP contribution in [-0.4, -0.2) is 47.8 Å². The van der Waals surface area contributed by atoms with E-state index in [0.29, 0.717) is 36.7 Å². The van der Waals surface area contributed by atoms with Crippen LogP contribution < -0.4 is 9.80 Å². The molecule has 2 aromatic carbocycles. The van der Waals surface area contributed by atoms with Crippen LogP contribution in [0.5, 0.6) is 0 Å². The van der Waals surface area contributed by atoms with Crippen molar-refractivity contribution in [2.75, 3.05) is 29.4 Å². The Hall–Kier alpha value is -3.53. The van der Waals surface area contributed by atoms with Gasteiger partial charge >= 0.3 is 0 Å². The summed E-state index contributed by atoms with van der Waals surface area (Å²) < 4.78 is 56.6. The number of hydrogen-bond donors (Lipinski definition) is 0. The van der Waals surface area contributed by atoms with Crippen LogP contribution in [0, 0.1) is 18.6 Å². The van der Waals surface area contributed by atoms with Crippen LogP contribution in [0.25, 0.3) is 10.9 Å². The third-order valence-electron chi connectivity index (χ3n) is 6.91. The number of hydrogen-bond acceptors (Lipinski definition) is 6. The van der Waals surface area contributed by atoms with Gasteiger partial charge in [-0.15, -0.1) is 5.10 Å². The van der Waals surface area contributed by atoms with Crippen LogP contribution in [0.15, 0.2) is 65.7 Å². The predicted molar refractivity (Wildman–Crippen MR) is 129 cm³/mol. The monoisotopic (exact) mass is 495 g/mol. The predicted octanol–water partition coefficient (Wildman–Crippen LogP) is 4.11. The van der Waals surface area contributed by atoms with Gasteiger partial charge in [-0.25, -0.2) is 13.8 Å². The first-order valence-electron chi connectivity index (χ1n) is 11.4. The number of pyridine rings is 1. The molecular weight excluding hydrogens is 472 g/mol. The summed E-state index contributed by atoms with van der Waals surface area (Å²) >= 11 is 0. The normalized spacial score (nSPS) is 17.3. The van der Waals surface area contributed by atoms with Crippen LogP contribution in [0.1, 0.15) is 18.4 Å². The molecule has 0 N–H and O–H groups in total. The van der Waals surface area contributed by atoms with Crippen molar-refractivity contribution in [3.05, 3.63) is 78.0 Å². The van der Waals surface area contributed by atoms with E-state index < -0.39 is 15.8 Å². The number of fused-ring (bicyclic) bond motifs is 1. The van der Waals surface area contributed by atoms with E-state index in [1.165, 1.54) is 30.3 Å². The minimum absolute atomic E-state index is 0.0832. The molecule has 6 rings (SSSR count). The molecule has 0 bridgehead atoms. The molecule has 1 saturated heterocycles. The zero-order valence-electron chi connectivity index (χ0n) is 19.0. The number of aryl methyl sites for hydroxylation is 1. The molecule has 1 aliphatic heterocycles. The molecule has 0 atom stereocenters. The molecule has 1 spiro atoms. The first kappa shape index (κ1) is 22.0. The van der Waals surface area contributed by atoms with Crippen molar-refractivity contribution in [3.63, 3.8) is 0 Å². The zero-order chi connectivity index (χ0) is 24.4. The van der Waals surface area contributed by atoms with Crippen molar-refractivity contribution >= 4 is 32.6 Å². The fraction of sp³-hybridized carbons (Fsp3) is 0.280. The summed E-state index contributed by atoms with van der Waals surface area (Å²) in [7, 11) is -4.05. The Kier molecular flexibility index (Phi) is 4.86. The average molecular weight is 496 g/mol. The van der Waals surface area contributed by atoms with Crippen molar-refractivity contribution in [1.82, 2.24) is 14.2 Å². The van der Waals surface area contributed by atoms with Gasteiger partial charge in [0, 0.05) is 37.3 Å². The molecule has 0 radical (unpaired) electrons.